The van der Waals surface area contributed by atoms with Crippen LogP contribution in [-0.4, -0.2) is 57.5 Å². The van der Waals surface area contributed by atoms with Crippen LogP contribution < -0.4 is 4.90 Å². The zero-order chi connectivity index (χ0) is 20.2. The summed E-state index contributed by atoms with van der Waals surface area (Å²) in [5.41, 5.74) is 3.45. The van der Waals surface area contributed by atoms with Gasteiger partial charge in [0.1, 0.15) is 0 Å². The lowest BCUT2D eigenvalue weighted by Crippen LogP contribution is -2.49. The number of amides is 1. The molecule has 1 aromatic heterocycles. The summed E-state index contributed by atoms with van der Waals surface area (Å²) in [4.78, 5) is 17.0. The Hall–Kier alpha value is -2.80. The summed E-state index contributed by atoms with van der Waals surface area (Å²) in [6, 6.07) is 18.5. The van der Waals surface area contributed by atoms with Crippen LogP contribution in [0, 0.1) is 6.92 Å². The molecule has 2 heterocycles. The van der Waals surface area contributed by atoms with Crippen molar-refractivity contribution >= 4 is 23.4 Å². The van der Waals surface area contributed by atoms with Crippen LogP contribution >= 0.6 is 11.8 Å². The second kappa shape index (κ2) is 8.69. The Morgan fingerprint density at radius 1 is 0.966 bits per heavy atom. The lowest BCUT2D eigenvalue weighted by Gasteiger charge is -2.36. The molecule has 150 valence electrons. The van der Waals surface area contributed by atoms with Crippen LogP contribution in [0.5, 0.6) is 0 Å². The number of hydrogen-bond acceptors (Lipinski definition) is 5. The lowest BCUT2D eigenvalue weighted by atomic mass is 10.1. The number of rotatable bonds is 5. The number of para-hydroxylation sites is 1. The van der Waals surface area contributed by atoms with E-state index in [1.54, 1.807) is 0 Å². The second-order valence-electron chi connectivity index (χ2n) is 7.17. The summed E-state index contributed by atoms with van der Waals surface area (Å²) >= 11 is 1.45. The lowest BCUT2D eigenvalue weighted by molar-refractivity contribution is -0.128. The van der Waals surface area contributed by atoms with Gasteiger partial charge in [-0.15, -0.1) is 10.2 Å². The van der Waals surface area contributed by atoms with Crippen molar-refractivity contribution in [3.05, 3.63) is 60.2 Å². The summed E-state index contributed by atoms with van der Waals surface area (Å²) in [5, 5.41) is 9.40. The molecule has 1 aliphatic rings. The van der Waals surface area contributed by atoms with Crippen LogP contribution in [0.4, 0.5) is 5.69 Å². The minimum absolute atomic E-state index is 0.156. The molecule has 1 aliphatic heterocycles. The van der Waals surface area contributed by atoms with Crippen molar-refractivity contribution in [2.24, 2.45) is 7.05 Å². The number of aromatic nitrogens is 3. The third-order valence-electron chi connectivity index (χ3n) is 5.30. The number of carbonyl (C=O) groups excluding carboxylic acids is 1. The number of thioether (sulfide) groups is 1. The normalized spacial score (nSPS) is 14.3. The van der Waals surface area contributed by atoms with Crippen molar-refractivity contribution < 1.29 is 4.79 Å². The second-order valence-corrected chi connectivity index (χ2v) is 8.11. The van der Waals surface area contributed by atoms with Crippen molar-refractivity contribution in [2.75, 3.05) is 36.8 Å². The number of hydrogen-bond donors (Lipinski definition) is 0. The van der Waals surface area contributed by atoms with E-state index in [9.17, 15) is 4.79 Å². The van der Waals surface area contributed by atoms with Gasteiger partial charge in [0.05, 0.1) is 5.75 Å². The molecule has 0 saturated carbocycles. The molecule has 0 N–H and O–H groups in total. The third-order valence-corrected chi connectivity index (χ3v) is 6.30. The van der Waals surface area contributed by atoms with Crippen LogP contribution in [0.2, 0.25) is 0 Å². The summed E-state index contributed by atoms with van der Waals surface area (Å²) in [6.07, 6.45) is 0. The Morgan fingerprint density at radius 2 is 1.66 bits per heavy atom. The molecular weight excluding hydrogens is 382 g/mol. The molecule has 2 aromatic carbocycles. The number of aryl methyl sites for hydroxylation is 1. The topological polar surface area (TPSA) is 54.3 Å². The van der Waals surface area contributed by atoms with E-state index in [-0.39, 0.29) is 5.91 Å². The van der Waals surface area contributed by atoms with E-state index >= 15 is 0 Å². The molecule has 0 spiro atoms. The first kappa shape index (κ1) is 19.5. The van der Waals surface area contributed by atoms with Gasteiger partial charge < -0.3 is 14.4 Å². The highest BCUT2D eigenvalue weighted by molar-refractivity contribution is 7.99. The zero-order valence-electron chi connectivity index (χ0n) is 16.8. The molecule has 1 amide bonds. The van der Waals surface area contributed by atoms with Crippen LogP contribution in [0.15, 0.2) is 59.8 Å². The van der Waals surface area contributed by atoms with E-state index in [1.165, 1.54) is 17.4 Å². The first-order valence-corrected chi connectivity index (χ1v) is 10.8. The van der Waals surface area contributed by atoms with Crippen molar-refractivity contribution in [1.29, 1.82) is 0 Å². The standard InChI is InChI=1S/C22H25N5OS/c1-17-8-6-7-11-19(17)21-23-24-22(25(21)2)29-16-20(28)27-14-12-26(13-15-27)18-9-4-3-5-10-18/h3-11H,12-16H2,1-2H3. The molecule has 29 heavy (non-hydrogen) atoms. The SMILES string of the molecule is Cc1ccccc1-c1nnc(SCC(=O)N2CCN(c3ccccc3)CC2)n1C. The van der Waals surface area contributed by atoms with Crippen LogP contribution in [-0.2, 0) is 11.8 Å². The predicted octanol–water partition coefficient (Wildman–Crippen LogP) is 3.23. The highest BCUT2D eigenvalue weighted by atomic mass is 32.2. The van der Waals surface area contributed by atoms with E-state index < -0.39 is 0 Å². The number of carbonyl (C=O) groups is 1. The minimum atomic E-state index is 0.156. The Kier molecular flexibility index (Phi) is 5.85. The van der Waals surface area contributed by atoms with Gasteiger partial charge in [0.2, 0.25) is 5.91 Å². The van der Waals surface area contributed by atoms with Gasteiger partial charge >= 0.3 is 0 Å². The third kappa shape index (κ3) is 4.29. The molecule has 6 nitrogen and oxygen atoms in total. The Labute approximate surface area is 175 Å². The largest absolute Gasteiger partial charge is 0.368 e. The van der Waals surface area contributed by atoms with E-state index in [0.717, 1.165) is 48.3 Å². The molecule has 3 aromatic rings. The first-order chi connectivity index (χ1) is 14.1. The maximum Gasteiger partial charge on any atom is 0.233 e. The van der Waals surface area contributed by atoms with Crippen molar-refractivity contribution in [2.45, 2.75) is 12.1 Å². The van der Waals surface area contributed by atoms with E-state index in [1.807, 2.05) is 40.8 Å². The molecule has 0 unspecified atom stereocenters. The van der Waals surface area contributed by atoms with Gasteiger partial charge in [-0.3, -0.25) is 4.79 Å². The van der Waals surface area contributed by atoms with Crippen LogP contribution in [0.25, 0.3) is 11.4 Å². The maximum absolute atomic E-state index is 12.7. The monoisotopic (exact) mass is 407 g/mol. The number of anilines is 1. The van der Waals surface area contributed by atoms with Gasteiger partial charge in [-0.2, -0.15) is 0 Å². The first-order valence-electron chi connectivity index (χ1n) is 9.79. The molecule has 4 rings (SSSR count). The molecule has 0 radical (unpaired) electrons. The molecule has 1 saturated heterocycles. The molecule has 0 bridgehead atoms. The summed E-state index contributed by atoms with van der Waals surface area (Å²) in [5.74, 6) is 1.36. The molecule has 0 aliphatic carbocycles. The Balaban J connectivity index is 1.33. The molecule has 0 atom stereocenters. The molecule has 1 fully saturated rings. The van der Waals surface area contributed by atoms with Gasteiger partial charge in [-0.1, -0.05) is 54.2 Å². The quantitative estimate of drug-likeness (QED) is 0.608. The van der Waals surface area contributed by atoms with Gasteiger partial charge in [0.25, 0.3) is 0 Å². The van der Waals surface area contributed by atoms with E-state index in [2.05, 4.69) is 52.4 Å². The predicted molar refractivity (Wildman–Crippen MR) is 117 cm³/mol. The zero-order valence-corrected chi connectivity index (χ0v) is 17.6. The fourth-order valence-electron chi connectivity index (χ4n) is 3.57. The van der Waals surface area contributed by atoms with Crippen LogP contribution in [0.3, 0.4) is 0 Å². The van der Waals surface area contributed by atoms with Crippen molar-refractivity contribution in [3.8, 4) is 11.4 Å². The van der Waals surface area contributed by atoms with Gasteiger partial charge in [0.15, 0.2) is 11.0 Å². The highest BCUT2D eigenvalue weighted by Crippen LogP contribution is 2.25. The fourth-order valence-corrected chi connectivity index (χ4v) is 4.38. The van der Waals surface area contributed by atoms with Gasteiger partial charge in [-0.05, 0) is 24.6 Å². The number of nitrogens with zero attached hydrogens (tertiary/aromatic N) is 5. The summed E-state index contributed by atoms with van der Waals surface area (Å²) in [7, 11) is 1.95. The molecule has 7 heteroatoms. The van der Waals surface area contributed by atoms with E-state index in [4.69, 9.17) is 0 Å². The fraction of sp³-hybridized carbons (Fsp3) is 0.318. The van der Waals surface area contributed by atoms with E-state index in [0.29, 0.717) is 5.75 Å². The average molecular weight is 408 g/mol. The van der Waals surface area contributed by atoms with Crippen molar-refractivity contribution in [1.82, 2.24) is 19.7 Å². The number of benzene rings is 2. The summed E-state index contributed by atoms with van der Waals surface area (Å²) < 4.78 is 1.97. The Morgan fingerprint density at radius 3 is 2.38 bits per heavy atom. The Bertz CT molecular complexity index is 980. The highest BCUT2D eigenvalue weighted by Gasteiger charge is 2.22. The number of piperazine rings is 1. The smallest absolute Gasteiger partial charge is 0.233 e. The van der Waals surface area contributed by atoms with Crippen LogP contribution in [0.1, 0.15) is 5.56 Å². The van der Waals surface area contributed by atoms with Gasteiger partial charge in [0, 0.05) is 44.5 Å². The summed E-state index contributed by atoms with van der Waals surface area (Å²) in [6.45, 7) is 5.29. The maximum atomic E-state index is 12.7. The molecular formula is C22H25N5OS. The minimum Gasteiger partial charge on any atom is -0.368 e. The van der Waals surface area contributed by atoms with Gasteiger partial charge in [-0.25, -0.2) is 0 Å². The van der Waals surface area contributed by atoms with Crippen molar-refractivity contribution in [3.63, 3.8) is 0 Å². The average Bonchev–Trinajstić information content (AvgIpc) is 3.13.